The van der Waals surface area contributed by atoms with Crippen LogP contribution in [0, 0.1) is 0 Å². The van der Waals surface area contributed by atoms with Crippen molar-refractivity contribution in [3.63, 3.8) is 0 Å². The van der Waals surface area contributed by atoms with Crippen LogP contribution in [-0.4, -0.2) is 46.3 Å². The highest BCUT2D eigenvalue weighted by Gasteiger charge is 2.42. The van der Waals surface area contributed by atoms with Gasteiger partial charge in [-0.2, -0.15) is 0 Å². The Morgan fingerprint density at radius 1 is 0.806 bits per heavy atom. The Kier molecular flexibility index (Phi) is 8.14. The number of rotatable bonds is 8. The van der Waals surface area contributed by atoms with Crippen molar-refractivity contribution in [2.75, 3.05) is 14.2 Å². The van der Waals surface area contributed by atoms with Gasteiger partial charge in [0, 0.05) is 19.4 Å². The number of hydrogen-bond donors (Lipinski definition) is 0. The number of hydrogen-bond acceptors (Lipinski definition) is 6. The molecule has 0 aliphatic carbocycles. The van der Waals surface area contributed by atoms with E-state index in [4.69, 9.17) is 9.47 Å². The third kappa shape index (κ3) is 4.77. The van der Waals surface area contributed by atoms with Crippen molar-refractivity contribution in [2.45, 2.75) is 10.4 Å². The van der Waals surface area contributed by atoms with Crippen molar-refractivity contribution in [2.24, 2.45) is 7.05 Å². The highest BCUT2D eigenvalue weighted by Crippen LogP contribution is 2.49. The molecule has 0 radical (unpaired) electrons. The minimum atomic E-state index is -2.91. The van der Waals surface area contributed by atoms with Crippen LogP contribution in [0.5, 0.6) is 0 Å². The highest BCUT2D eigenvalue weighted by atomic mass is 32.2. The number of aromatic nitrogens is 2. The van der Waals surface area contributed by atoms with Crippen LogP contribution < -0.4 is 15.9 Å². The minimum absolute atomic E-state index is 0.341. The standard InChI is InChI=1S/C28H27N2O4PS/c1-30-20-19-29-28(30)36-25(27(32)34-3)24(26(31)33-2)35(21-13-7-4-8-14-21,22-15-9-5-10-16-22)23-17-11-6-12-18-23/h4-20,25H,1-3H3. The van der Waals surface area contributed by atoms with E-state index in [-0.39, 0.29) is 0 Å². The quantitative estimate of drug-likeness (QED) is 0.202. The number of esters is 2. The summed E-state index contributed by atoms with van der Waals surface area (Å²) in [6.07, 6.45) is 3.45. The Labute approximate surface area is 215 Å². The van der Waals surface area contributed by atoms with E-state index >= 15 is 0 Å². The first-order chi connectivity index (χ1) is 17.5. The van der Waals surface area contributed by atoms with Crippen molar-refractivity contribution < 1.29 is 19.1 Å². The molecule has 1 aromatic heterocycles. The Morgan fingerprint density at radius 3 is 1.64 bits per heavy atom. The Balaban J connectivity index is 2.24. The molecule has 0 fully saturated rings. The van der Waals surface area contributed by atoms with Crippen molar-refractivity contribution in [1.82, 2.24) is 9.55 Å². The van der Waals surface area contributed by atoms with Gasteiger partial charge in [-0.15, -0.1) is 0 Å². The Bertz CT molecular complexity index is 1290. The third-order valence-electron chi connectivity index (χ3n) is 5.85. The third-order valence-corrected chi connectivity index (χ3v) is 11.7. The Hall–Kier alpha value is -3.54. The molecule has 4 rings (SSSR count). The van der Waals surface area contributed by atoms with Crippen LogP contribution in [0.25, 0.3) is 0 Å². The number of benzene rings is 3. The molecule has 0 aliphatic rings. The van der Waals surface area contributed by atoms with E-state index in [0.717, 1.165) is 15.9 Å². The number of aryl methyl sites for hydroxylation is 1. The van der Waals surface area contributed by atoms with Crippen LogP contribution in [0.1, 0.15) is 0 Å². The number of carbonyl (C=O) groups is 2. The maximum absolute atomic E-state index is 13.9. The first-order valence-corrected chi connectivity index (χ1v) is 13.9. The van der Waals surface area contributed by atoms with E-state index in [1.807, 2.05) is 103 Å². The molecule has 1 heterocycles. The summed E-state index contributed by atoms with van der Waals surface area (Å²) in [6, 6.07) is 29.6. The lowest BCUT2D eigenvalue weighted by Gasteiger charge is -2.33. The second-order valence-corrected chi connectivity index (χ2v) is 12.3. The molecule has 1 unspecified atom stereocenters. The largest absolute Gasteiger partial charge is 0.468 e. The average Bonchev–Trinajstić information content (AvgIpc) is 3.35. The second kappa shape index (κ2) is 11.5. The molecule has 0 saturated carbocycles. The number of imidazole rings is 1. The maximum atomic E-state index is 13.9. The molecule has 0 saturated heterocycles. The van der Waals surface area contributed by atoms with Crippen LogP contribution in [0.15, 0.2) is 109 Å². The van der Waals surface area contributed by atoms with Gasteiger partial charge in [0.15, 0.2) is 5.16 Å². The number of carbonyl (C=O) groups excluding carboxylic acids is 2. The first-order valence-electron chi connectivity index (χ1n) is 11.3. The molecule has 36 heavy (non-hydrogen) atoms. The van der Waals surface area contributed by atoms with Gasteiger partial charge in [0.25, 0.3) is 0 Å². The molecule has 0 N–H and O–H groups in total. The predicted molar refractivity (Wildman–Crippen MR) is 147 cm³/mol. The van der Waals surface area contributed by atoms with Crippen molar-refractivity contribution >= 4 is 51.8 Å². The van der Waals surface area contributed by atoms with Crippen LogP contribution in [0.3, 0.4) is 0 Å². The monoisotopic (exact) mass is 518 g/mol. The zero-order chi connectivity index (χ0) is 25.5. The summed E-state index contributed by atoms with van der Waals surface area (Å²) in [5.41, 5.74) is 0. The number of ether oxygens (including phenoxy) is 2. The normalized spacial score (nSPS) is 12.0. The van der Waals surface area contributed by atoms with Crippen LogP contribution >= 0.6 is 18.6 Å². The van der Waals surface area contributed by atoms with Gasteiger partial charge in [-0.1, -0.05) is 103 Å². The summed E-state index contributed by atoms with van der Waals surface area (Å²) >= 11 is 1.18. The molecule has 0 amide bonds. The van der Waals surface area contributed by atoms with E-state index in [1.165, 1.54) is 26.0 Å². The number of thioether (sulfide) groups is 1. The number of methoxy groups -OCH3 is 2. The first kappa shape index (κ1) is 25.5. The molecule has 3 aromatic carbocycles. The van der Waals surface area contributed by atoms with Crippen molar-refractivity contribution in [3.8, 4) is 0 Å². The van der Waals surface area contributed by atoms with Gasteiger partial charge >= 0.3 is 11.9 Å². The molecule has 0 aliphatic heterocycles. The van der Waals surface area contributed by atoms with Gasteiger partial charge in [0.2, 0.25) is 0 Å². The van der Waals surface area contributed by atoms with E-state index in [9.17, 15) is 9.59 Å². The fraction of sp³-hybridized carbons (Fsp3) is 0.143. The highest BCUT2D eigenvalue weighted by molar-refractivity contribution is 8.04. The van der Waals surface area contributed by atoms with Gasteiger partial charge in [-0.25, -0.2) is 9.78 Å². The smallest absolute Gasteiger partial charge is 0.336 e. The van der Waals surface area contributed by atoms with Crippen molar-refractivity contribution in [1.29, 1.82) is 0 Å². The molecular weight excluding hydrogens is 491 g/mol. The molecule has 1 atom stereocenters. The molecule has 8 heteroatoms. The van der Waals surface area contributed by atoms with Crippen LogP contribution in [0.2, 0.25) is 0 Å². The lowest BCUT2D eigenvalue weighted by atomic mass is 10.3. The topological polar surface area (TPSA) is 70.4 Å². The van der Waals surface area contributed by atoms with Gasteiger partial charge in [0.05, 0.1) is 19.5 Å². The SMILES string of the molecule is COC(=O)C(C(Sc1nccn1C)C(=O)OC)=P(c1ccccc1)(c1ccccc1)c1ccccc1. The minimum Gasteiger partial charge on any atom is -0.468 e. The zero-order valence-electron chi connectivity index (χ0n) is 20.3. The summed E-state index contributed by atoms with van der Waals surface area (Å²) in [5, 5.41) is 2.71. The summed E-state index contributed by atoms with van der Waals surface area (Å²) in [6.45, 7) is -2.91. The summed E-state index contributed by atoms with van der Waals surface area (Å²) in [4.78, 5) is 31.7. The molecule has 0 spiro atoms. The number of nitrogens with zero attached hydrogens (tertiary/aromatic N) is 2. The van der Waals surface area contributed by atoms with Crippen molar-refractivity contribution in [3.05, 3.63) is 103 Å². The molecule has 184 valence electrons. The zero-order valence-corrected chi connectivity index (χ0v) is 22.0. The lowest BCUT2D eigenvalue weighted by Crippen LogP contribution is -2.42. The summed E-state index contributed by atoms with van der Waals surface area (Å²) < 4.78 is 12.5. The summed E-state index contributed by atoms with van der Waals surface area (Å²) in [7, 11) is 4.52. The Morgan fingerprint density at radius 2 is 1.28 bits per heavy atom. The summed E-state index contributed by atoms with van der Waals surface area (Å²) in [5.74, 6) is -1.10. The fourth-order valence-corrected chi connectivity index (χ4v) is 10.2. The van der Waals surface area contributed by atoms with Crippen LogP contribution in [0.4, 0.5) is 0 Å². The molecule has 6 nitrogen and oxygen atoms in total. The molecule has 0 bridgehead atoms. The second-order valence-electron chi connectivity index (χ2n) is 7.90. The van der Waals surface area contributed by atoms with Gasteiger partial charge in [0.1, 0.15) is 5.25 Å². The fourth-order valence-electron chi connectivity index (χ4n) is 4.24. The van der Waals surface area contributed by atoms with E-state index in [1.54, 1.807) is 12.4 Å². The lowest BCUT2D eigenvalue weighted by molar-refractivity contribution is -0.140. The molecule has 4 aromatic rings. The predicted octanol–water partition coefficient (Wildman–Crippen LogP) is 3.39. The maximum Gasteiger partial charge on any atom is 0.336 e. The van der Waals surface area contributed by atoms with E-state index < -0.39 is 24.1 Å². The molecular formula is C28H27N2O4PS. The van der Waals surface area contributed by atoms with Gasteiger partial charge < -0.3 is 14.0 Å². The van der Waals surface area contributed by atoms with E-state index in [2.05, 4.69) is 4.98 Å². The van der Waals surface area contributed by atoms with Crippen LogP contribution in [-0.2, 0) is 26.1 Å². The average molecular weight is 519 g/mol. The van der Waals surface area contributed by atoms with Gasteiger partial charge in [-0.3, -0.25) is 4.79 Å². The van der Waals surface area contributed by atoms with Gasteiger partial charge in [-0.05, 0) is 22.8 Å². The van der Waals surface area contributed by atoms with E-state index in [0.29, 0.717) is 10.4 Å².